The number of para-hydroxylation sites is 1. The number of hydrogen-bond acceptors (Lipinski definition) is 3. The largest absolute Gasteiger partial charge is 0.480 e. The van der Waals surface area contributed by atoms with Gasteiger partial charge in [0.05, 0.1) is 10.5 Å². The van der Waals surface area contributed by atoms with E-state index in [1.807, 2.05) is 37.3 Å². The summed E-state index contributed by atoms with van der Waals surface area (Å²) in [5.74, 6) is -0.817. The van der Waals surface area contributed by atoms with Crippen molar-refractivity contribution < 1.29 is 9.90 Å². The Labute approximate surface area is 104 Å². The second kappa shape index (κ2) is 4.75. The van der Waals surface area contributed by atoms with E-state index in [4.69, 9.17) is 5.11 Å². The number of carbonyl (C=O) groups is 1. The highest BCUT2D eigenvalue weighted by molar-refractivity contribution is 8.00. The average molecular weight is 247 g/mol. The van der Waals surface area contributed by atoms with Gasteiger partial charge in [0.2, 0.25) is 0 Å². The Balaban J connectivity index is 2.40. The Kier molecular flexibility index (Phi) is 3.33. The highest BCUT2D eigenvalue weighted by atomic mass is 32.2. The summed E-state index contributed by atoms with van der Waals surface area (Å²) in [5.41, 5.74) is 2.03. The van der Waals surface area contributed by atoms with Gasteiger partial charge in [-0.2, -0.15) is 0 Å². The molecule has 0 aliphatic heterocycles. The van der Waals surface area contributed by atoms with E-state index >= 15 is 0 Å². The quantitative estimate of drug-likeness (QED) is 0.847. The fraction of sp³-hybridized carbons (Fsp3) is 0.231. The van der Waals surface area contributed by atoms with Gasteiger partial charge in [-0.25, -0.2) is 4.98 Å². The van der Waals surface area contributed by atoms with Gasteiger partial charge in [-0.1, -0.05) is 30.0 Å². The molecule has 1 N–H and O–H groups in total. The number of nitrogens with zero attached hydrogens (tertiary/aromatic N) is 1. The van der Waals surface area contributed by atoms with Gasteiger partial charge in [-0.3, -0.25) is 4.79 Å². The summed E-state index contributed by atoms with van der Waals surface area (Å²) in [4.78, 5) is 15.3. The summed E-state index contributed by atoms with van der Waals surface area (Å²) in [5, 5.41) is 10.3. The maximum Gasteiger partial charge on any atom is 0.316 e. The molecular formula is C13H13NO2S. The van der Waals surface area contributed by atoms with Crippen LogP contribution in [0.15, 0.2) is 35.4 Å². The molecule has 0 spiro atoms. The van der Waals surface area contributed by atoms with Crippen LogP contribution in [0.2, 0.25) is 0 Å². The first-order valence-corrected chi connectivity index (χ1v) is 6.22. The number of carboxylic acids is 1. The molecule has 0 bridgehead atoms. The molecule has 88 valence electrons. The third-order valence-electron chi connectivity index (χ3n) is 2.54. The molecule has 0 saturated heterocycles. The third-order valence-corrected chi connectivity index (χ3v) is 3.55. The van der Waals surface area contributed by atoms with E-state index in [9.17, 15) is 4.79 Å². The molecule has 0 unspecified atom stereocenters. The summed E-state index contributed by atoms with van der Waals surface area (Å²) in [6, 6.07) is 9.81. The number of aryl methyl sites for hydroxylation is 1. The van der Waals surface area contributed by atoms with Crippen LogP contribution in [0, 0.1) is 6.92 Å². The first-order valence-electron chi connectivity index (χ1n) is 5.34. The minimum atomic E-state index is -0.817. The van der Waals surface area contributed by atoms with Gasteiger partial charge >= 0.3 is 5.97 Å². The smallest absolute Gasteiger partial charge is 0.316 e. The van der Waals surface area contributed by atoms with E-state index < -0.39 is 11.2 Å². The van der Waals surface area contributed by atoms with Crippen molar-refractivity contribution in [2.75, 3.05) is 0 Å². The fourth-order valence-corrected chi connectivity index (χ4v) is 2.47. The number of thioether (sulfide) groups is 1. The zero-order chi connectivity index (χ0) is 12.4. The van der Waals surface area contributed by atoms with Gasteiger partial charge in [0.15, 0.2) is 0 Å². The molecule has 0 aliphatic carbocycles. The van der Waals surface area contributed by atoms with E-state index in [1.165, 1.54) is 11.8 Å². The Morgan fingerprint density at radius 2 is 2.12 bits per heavy atom. The molecule has 1 aromatic carbocycles. The minimum absolute atomic E-state index is 0.483. The molecule has 0 saturated carbocycles. The zero-order valence-corrected chi connectivity index (χ0v) is 10.5. The first-order chi connectivity index (χ1) is 8.08. The lowest BCUT2D eigenvalue weighted by Gasteiger charge is -2.08. The minimum Gasteiger partial charge on any atom is -0.480 e. The lowest BCUT2D eigenvalue weighted by Crippen LogP contribution is -2.11. The van der Waals surface area contributed by atoms with E-state index in [-0.39, 0.29) is 0 Å². The summed E-state index contributed by atoms with van der Waals surface area (Å²) >= 11 is 1.27. The number of pyridine rings is 1. The lowest BCUT2D eigenvalue weighted by atomic mass is 10.1. The maximum absolute atomic E-state index is 10.8. The number of hydrogen-bond donors (Lipinski definition) is 1. The summed E-state index contributed by atoms with van der Waals surface area (Å²) in [7, 11) is 0. The Hall–Kier alpha value is -1.55. The summed E-state index contributed by atoms with van der Waals surface area (Å²) in [6.45, 7) is 3.68. The molecule has 2 rings (SSSR count). The molecule has 0 fully saturated rings. The highest BCUT2D eigenvalue weighted by Gasteiger charge is 2.14. The van der Waals surface area contributed by atoms with Crippen LogP contribution in [0.5, 0.6) is 0 Å². The molecule has 0 aliphatic rings. The molecule has 3 nitrogen and oxygen atoms in total. The van der Waals surface area contributed by atoms with E-state index in [1.54, 1.807) is 6.92 Å². The number of rotatable bonds is 3. The lowest BCUT2D eigenvalue weighted by molar-refractivity contribution is -0.136. The maximum atomic E-state index is 10.8. The van der Waals surface area contributed by atoms with Crippen molar-refractivity contribution in [3.8, 4) is 0 Å². The number of benzene rings is 1. The standard InChI is InChI=1S/C13H13NO2S/c1-8-7-12(17-9(2)13(15)16)14-11-6-4-3-5-10(8)11/h3-7,9H,1-2H3,(H,15,16)/t9-/m0/s1. The topological polar surface area (TPSA) is 50.2 Å². The van der Waals surface area contributed by atoms with Gasteiger partial charge in [0.25, 0.3) is 0 Å². The van der Waals surface area contributed by atoms with Crippen LogP contribution in [0.3, 0.4) is 0 Å². The van der Waals surface area contributed by atoms with Crippen molar-refractivity contribution in [1.82, 2.24) is 4.98 Å². The highest BCUT2D eigenvalue weighted by Crippen LogP contribution is 2.26. The van der Waals surface area contributed by atoms with Gasteiger partial charge in [-0.15, -0.1) is 0 Å². The van der Waals surface area contributed by atoms with Crippen molar-refractivity contribution >= 4 is 28.6 Å². The van der Waals surface area contributed by atoms with Crippen molar-refractivity contribution in [1.29, 1.82) is 0 Å². The van der Waals surface area contributed by atoms with E-state index in [0.29, 0.717) is 0 Å². The molecular weight excluding hydrogens is 234 g/mol. The Bertz CT molecular complexity index is 568. The van der Waals surface area contributed by atoms with Crippen LogP contribution in [-0.4, -0.2) is 21.3 Å². The number of aliphatic carboxylic acids is 1. The third kappa shape index (κ3) is 2.58. The van der Waals surface area contributed by atoms with Gasteiger partial charge < -0.3 is 5.11 Å². The normalized spacial score (nSPS) is 12.6. The monoisotopic (exact) mass is 247 g/mol. The fourth-order valence-electron chi connectivity index (χ4n) is 1.61. The molecule has 1 aromatic heterocycles. The SMILES string of the molecule is Cc1cc(S[C@@H](C)C(=O)O)nc2ccccc12. The molecule has 0 amide bonds. The number of aromatic nitrogens is 1. The number of fused-ring (bicyclic) bond motifs is 1. The molecule has 4 heteroatoms. The second-order valence-corrected chi connectivity index (χ2v) is 5.25. The Morgan fingerprint density at radius 3 is 2.82 bits per heavy atom. The van der Waals surface area contributed by atoms with Gasteiger partial charge in [0.1, 0.15) is 5.25 Å². The second-order valence-electron chi connectivity index (χ2n) is 3.89. The number of carboxylic acid groups (broad SMARTS) is 1. The van der Waals surface area contributed by atoms with Crippen LogP contribution >= 0.6 is 11.8 Å². The summed E-state index contributed by atoms with van der Waals surface area (Å²) < 4.78 is 0. The van der Waals surface area contributed by atoms with Crippen LogP contribution in [0.4, 0.5) is 0 Å². The van der Waals surface area contributed by atoms with Gasteiger partial charge in [-0.05, 0) is 31.5 Å². The average Bonchev–Trinajstić information content (AvgIpc) is 2.29. The van der Waals surface area contributed by atoms with Crippen LogP contribution in [0.1, 0.15) is 12.5 Å². The van der Waals surface area contributed by atoms with E-state index in [2.05, 4.69) is 4.98 Å². The Morgan fingerprint density at radius 1 is 1.41 bits per heavy atom. The molecule has 2 aromatic rings. The van der Waals surface area contributed by atoms with Crippen LogP contribution in [-0.2, 0) is 4.79 Å². The van der Waals surface area contributed by atoms with Crippen molar-refractivity contribution in [3.63, 3.8) is 0 Å². The predicted octanol–water partition coefficient (Wildman–Crippen LogP) is 3.11. The first kappa shape index (κ1) is 11.9. The van der Waals surface area contributed by atoms with Crippen molar-refractivity contribution in [2.24, 2.45) is 0 Å². The van der Waals surface area contributed by atoms with Gasteiger partial charge in [0, 0.05) is 5.39 Å². The van der Waals surface area contributed by atoms with Crippen LogP contribution < -0.4 is 0 Å². The molecule has 1 atom stereocenters. The molecule has 1 heterocycles. The van der Waals surface area contributed by atoms with Crippen molar-refractivity contribution in [3.05, 3.63) is 35.9 Å². The predicted molar refractivity (Wildman–Crippen MR) is 69.4 cm³/mol. The van der Waals surface area contributed by atoms with Crippen molar-refractivity contribution in [2.45, 2.75) is 24.1 Å². The van der Waals surface area contributed by atoms with Crippen LogP contribution in [0.25, 0.3) is 10.9 Å². The summed E-state index contributed by atoms with van der Waals surface area (Å²) in [6.07, 6.45) is 0. The zero-order valence-electron chi connectivity index (χ0n) is 9.68. The molecule has 0 radical (unpaired) electrons. The van der Waals surface area contributed by atoms with E-state index in [0.717, 1.165) is 21.5 Å². The molecule has 17 heavy (non-hydrogen) atoms.